The Balaban J connectivity index is 0.000000236. The molecular weight excluding hydrogens is 223 g/mol. The van der Waals surface area contributed by atoms with E-state index in [9.17, 15) is 0 Å². The first-order chi connectivity index (χ1) is 4.81. The van der Waals surface area contributed by atoms with Crippen LogP contribution in [0.3, 0.4) is 0 Å². The zero-order valence-electron chi connectivity index (χ0n) is 6.67. The molecule has 0 aromatic heterocycles. The number of hydrogen-bond donors (Lipinski definition) is 0. The van der Waals surface area contributed by atoms with E-state index in [-0.39, 0.29) is 0 Å². The molecule has 0 aliphatic heterocycles. The van der Waals surface area contributed by atoms with Crippen molar-refractivity contribution in [2.45, 2.75) is 18.0 Å². The van der Waals surface area contributed by atoms with Gasteiger partial charge in [0.05, 0.1) is 0 Å². The van der Waals surface area contributed by atoms with Crippen molar-refractivity contribution in [2.24, 2.45) is 0 Å². The Kier molecular flexibility index (Phi) is 7.27. The Morgan fingerprint density at radius 1 is 1.20 bits per heavy atom. The largest absolute Gasteiger partial charge is 0.0622 e. The van der Waals surface area contributed by atoms with Crippen molar-refractivity contribution in [3.63, 3.8) is 0 Å². The molecule has 0 heterocycles. The average molecular weight is 236 g/mol. The SMILES string of the molecule is C[CH2][In].Cc1ccccc1. The fourth-order valence-electron chi connectivity index (χ4n) is 0.534. The van der Waals surface area contributed by atoms with Gasteiger partial charge in [-0.25, -0.2) is 0 Å². The van der Waals surface area contributed by atoms with Gasteiger partial charge in [0.1, 0.15) is 0 Å². The maximum absolute atomic E-state index is 2.18. The Labute approximate surface area is 78.2 Å². The van der Waals surface area contributed by atoms with Crippen molar-refractivity contribution < 1.29 is 0 Å². The number of benzene rings is 1. The summed E-state index contributed by atoms with van der Waals surface area (Å²) in [5.74, 6) is 0. The van der Waals surface area contributed by atoms with Crippen molar-refractivity contribution in [1.29, 1.82) is 0 Å². The first-order valence-electron chi connectivity index (χ1n) is 3.53. The average Bonchev–Trinajstić information content (AvgIpc) is 1.91. The van der Waals surface area contributed by atoms with Crippen LogP contribution in [0.25, 0.3) is 0 Å². The molecule has 2 radical (unpaired) electrons. The molecule has 10 heavy (non-hydrogen) atoms. The van der Waals surface area contributed by atoms with Gasteiger partial charge in [-0.1, -0.05) is 35.9 Å². The summed E-state index contributed by atoms with van der Waals surface area (Å²) < 4.78 is 1.38. The van der Waals surface area contributed by atoms with Crippen LogP contribution in [-0.2, 0) is 0 Å². The van der Waals surface area contributed by atoms with Gasteiger partial charge in [-0.3, -0.25) is 0 Å². The minimum absolute atomic E-state index is 1.32. The molecule has 0 nitrogen and oxygen atoms in total. The van der Waals surface area contributed by atoms with Gasteiger partial charge in [0.25, 0.3) is 0 Å². The topological polar surface area (TPSA) is 0 Å². The maximum atomic E-state index is 2.18. The molecule has 1 aromatic rings. The van der Waals surface area contributed by atoms with Gasteiger partial charge in [-0.05, 0) is 6.92 Å². The number of aryl methyl sites for hydroxylation is 1. The predicted octanol–water partition coefficient (Wildman–Crippen LogP) is 2.59. The summed E-state index contributed by atoms with van der Waals surface area (Å²) in [6.07, 6.45) is 0. The first kappa shape index (κ1) is 10.1. The van der Waals surface area contributed by atoms with E-state index < -0.39 is 0 Å². The van der Waals surface area contributed by atoms with Crippen LogP contribution in [0.1, 0.15) is 12.5 Å². The van der Waals surface area contributed by atoms with E-state index >= 15 is 0 Å². The van der Waals surface area contributed by atoms with Crippen LogP contribution in [0, 0.1) is 6.92 Å². The molecule has 0 bridgehead atoms. The predicted molar refractivity (Wildman–Crippen MR) is 47.4 cm³/mol. The Bertz CT molecular complexity index is 146. The van der Waals surface area contributed by atoms with Gasteiger partial charge in [0.2, 0.25) is 0 Å². The second kappa shape index (κ2) is 7.20. The fraction of sp³-hybridized carbons (Fsp3) is 0.333. The van der Waals surface area contributed by atoms with E-state index in [4.69, 9.17) is 0 Å². The summed E-state index contributed by atoms with van der Waals surface area (Å²) in [5.41, 5.74) is 1.32. The Morgan fingerprint density at radius 2 is 1.60 bits per heavy atom. The van der Waals surface area contributed by atoms with Crippen molar-refractivity contribution in [1.82, 2.24) is 0 Å². The molecule has 1 rings (SSSR count). The van der Waals surface area contributed by atoms with E-state index in [0.29, 0.717) is 0 Å². The molecule has 0 aliphatic rings. The monoisotopic (exact) mass is 236 g/mol. The van der Waals surface area contributed by atoms with Crippen LogP contribution >= 0.6 is 0 Å². The molecule has 0 fully saturated rings. The molecule has 0 atom stereocenters. The Hall–Kier alpha value is 0.0901. The molecular formula is C9H13In. The first-order valence-corrected chi connectivity index (χ1v) is 5.86. The molecule has 0 saturated carbocycles. The molecule has 0 amide bonds. The van der Waals surface area contributed by atoms with Crippen LogP contribution in [0.15, 0.2) is 30.3 Å². The van der Waals surface area contributed by atoms with Gasteiger partial charge in [-0.2, -0.15) is 0 Å². The maximum Gasteiger partial charge on any atom is -0.0398 e. The summed E-state index contributed by atoms with van der Waals surface area (Å²) in [6, 6.07) is 10.3. The van der Waals surface area contributed by atoms with Crippen molar-refractivity contribution in [2.75, 3.05) is 0 Å². The summed E-state index contributed by atoms with van der Waals surface area (Å²) in [4.78, 5) is 0. The number of hydrogen-bond acceptors (Lipinski definition) is 0. The van der Waals surface area contributed by atoms with Crippen molar-refractivity contribution in [3.05, 3.63) is 35.9 Å². The van der Waals surface area contributed by atoms with Crippen LogP contribution in [-0.4, -0.2) is 24.4 Å². The van der Waals surface area contributed by atoms with Crippen molar-refractivity contribution >= 4 is 24.4 Å². The molecule has 0 N–H and O–H groups in total. The summed E-state index contributed by atoms with van der Waals surface area (Å²) in [7, 11) is 0. The second-order valence-electron chi connectivity index (χ2n) is 2.06. The quantitative estimate of drug-likeness (QED) is 0.649. The minimum atomic E-state index is 1.32. The zero-order chi connectivity index (χ0) is 7.82. The molecule has 0 aliphatic carbocycles. The Morgan fingerprint density at radius 3 is 1.80 bits per heavy atom. The molecule has 0 spiro atoms. The van der Waals surface area contributed by atoms with E-state index in [1.807, 2.05) is 18.2 Å². The fourth-order valence-corrected chi connectivity index (χ4v) is 0.534. The number of rotatable bonds is 0. The molecule has 0 saturated heterocycles. The summed E-state index contributed by atoms with van der Waals surface area (Å²) >= 11 is 1.42. The van der Waals surface area contributed by atoms with Gasteiger partial charge >= 0.3 is 35.5 Å². The second-order valence-corrected chi connectivity index (χ2v) is 4.39. The molecule has 52 valence electrons. The van der Waals surface area contributed by atoms with Crippen molar-refractivity contribution in [3.8, 4) is 0 Å². The zero-order valence-corrected chi connectivity index (χ0v) is 9.97. The van der Waals surface area contributed by atoms with Crippen LogP contribution < -0.4 is 0 Å². The van der Waals surface area contributed by atoms with Gasteiger partial charge in [-0.15, -0.1) is 0 Å². The standard InChI is InChI=1S/C7H8.C2H5.In/c1-7-5-3-2-4-6-7;1-2;/h2-6H,1H3;1H2,2H3;. The molecule has 1 aromatic carbocycles. The molecule has 0 unspecified atom stereocenters. The summed E-state index contributed by atoms with van der Waals surface area (Å²) in [6.45, 7) is 4.27. The third kappa shape index (κ3) is 6.21. The van der Waals surface area contributed by atoms with Crippen LogP contribution in [0.5, 0.6) is 0 Å². The van der Waals surface area contributed by atoms with Gasteiger partial charge in [0.15, 0.2) is 0 Å². The third-order valence-corrected chi connectivity index (χ3v) is 0.940. The van der Waals surface area contributed by atoms with Gasteiger partial charge in [0, 0.05) is 0 Å². The summed E-state index contributed by atoms with van der Waals surface area (Å²) in [5, 5.41) is 0. The van der Waals surface area contributed by atoms with Gasteiger partial charge < -0.3 is 0 Å². The normalized spacial score (nSPS) is 7.80. The van der Waals surface area contributed by atoms with E-state index in [2.05, 4.69) is 26.0 Å². The smallest absolute Gasteiger partial charge is 0.0398 e. The van der Waals surface area contributed by atoms with E-state index in [1.54, 1.807) is 0 Å². The van der Waals surface area contributed by atoms with E-state index in [0.717, 1.165) is 0 Å². The minimum Gasteiger partial charge on any atom is -0.0622 e. The van der Waals surface area contributed by atoms with Crippen LogP contribution in [0.2, 0.25) is 4.18 Å². The van der Waals surface area contributed by atoms with E-state index in [1.165, 1.54) is 34.1 Å². The van der Waals surface area contributed by atoms with Crippen LogP contribution in [0.4, 0.5) is 0 Å². The third-order valence-electron chi connectivity index (χ3n) is 0.940. The molecule has 1 heteroatoms.